The Morgan fingerprint density at radius 2 is 2.16 bits per heavy atom. The Labute approximate surface area is 128 Å². The number of rotatable bonds is 4. The minimum absolute atomic E-state index is 0.0894. The lowest BCUT2D eigenvalue weighted by Gasteiger charge is -2.10. The summed E-state index contributed by atoms with van der Waals surface area (Å²) in [5.41, 5.74) is 0.526. The van der Waals surface area contributed by atoms with Gasteiger partial charge in [-0.15, -0.1) is 0 Å². The monoisotopic (exact) mass is 387 g/mol. The van der Waals surface area contributed by atoms with E-state index < -0.39 is 5.97 Å². The molecule has 6 heteroatoms. The number of hydrogen-bond donors (Lipinski definition) is 0. The fraction of sp³-hybridized carbons (Fsp3) is 0.231. The van der Waals surface area contributed by atoms with Gasteiger partial charge in [0, 0.05) is 10.0 Å². The number of carbonyl (C=O) groups is 1. The van der Waals surface area contributed by atoms with Crippen LogP contribution in [0, 0.1) is 11.3 Å². The summed E-state index contributed by atoms with van der Waals surface area (Å²) < 4.78 is 11.6. The molecule has 0 bridgehead atoms. The number of nitriles is 1. The highest BCUT2D eigenvalue weighted by molar-refractivity contribution is 9.11. The van der Waals surface area contributed by atoms with Gasteiger partial charge < -0.3 is 9.47 Å². The number of halogens is 2. The van der Waals surface area contributed by atoms with E-state index in [0.29, 0.717) is 17.9 Å². The zero-order chi connectivity index (χ0) is 14.4. The number of esters is 1. The average Bonchev–Trinajstić information content (AvgIpc) is 2.38. The van der Waals surface area contributed by atoms with Gasteiger partial charge in [-0.2, -0.15) is 5.26 Å². The van der Waals surface area contributed by atoms with E-state index in [1.165, 1.54) is 13.2 Å². The summed E-state index contributed by atoms with van der Waals surface area (Å²) in [4.78, 5) is 11.4. The quantitative estimate of drug-likeness (QED) is 0.448. The van der Waals surface area contributed by atoms with Crippen LogP contribution in [-0.2, 0) is 9.53 Å². The highest BCUT2D eigenvalue weighted by Crippen LogP contribution is 2.34. The minimum Gasteiger partial charge on any atom is -0.492 e. The van der Waals surface area contributed by atoms with Crippen LogP contribution >= 0.6 is 31.9 Å². The van der Waals surface area contributed by atoms with Crippen molar-refractivity contribution in [1.82, 2.24) is 0 Å². The second-order valence-corrected chi connectivity index (χ2v) is 5.17. The maximum Gasteiger partial charge on any atom is 0.348 e. The molecule has 0 aliphatic rings. The van der Waals surface area contributed by atoms with Crippen LogP contribution in [0.5, 0.6) is 5.75 Å². The fourth-order valence-corrected chi connectivity index (χ4v) is 2.76. The van der Waals surface area contributed by atoms with Crippen LogP contribution in [0.15, 0.2) is 26.7 Å². The predicted molar refractivity (Wildman–Crippen MR) is 78.6 cm³/mol. The fourth-order valence-electron chi connectivity index (χ4n) is 1.39. The van der Waals surface area contributed by atoms with Crippen LogP contribution in [0.25, 0.3) is 6.08 Å². The molecule has 0 N–H and O–H groups in total. The first kappa shape index (κ1) is 15.7. The first-order valence-corrected chi connectivity index (χ1v) is 6.94. The lowest BCUT2D eigenvalue weighted by Crippen LogP contribution is -2.03. The topological polar surface area (TPSA) is 59.3 Å². The molecule has 19 heavy (non-hydrogen) atoms. The van der Waals surface area contributed by atoms with Crippen molar-refractivity contribution in [2.45, 2.75) is 6.92 Å². The van der Waals surface area contributed by atoms with E-state index in [4.69, 9.17) is 10.00 Å². The molecule has 0 aliphatic carbocycles. The molecule has 0 saturated carbocycles. The molecule has 0 saturated heterocycles. The van der Waals surface area contributed by atoms with Gasteiger partial charge in [0.2, 0.25) is 0 Å². The molecular formula is C13H11Br2NO3. The van der Waals surface area contributed by atoms with Gasteiger partial charge in [-0.25, -0.2) is 4.79 Å². The zero-order valence-electron chi connectivity index (χ0n) is 10.4. The van der Waals surface area contributed by atoms with E-state index in [9.17, 15) is 4.79 Å². The summed E-state index contributed by atoms with van der Waals surface area (Å²) in [6.45, 7) is 2.33. The van der Waals surface area contributed by atoms with Gasteiger partial charge in [0.1, 0.15) is 17.4 Å². The SMILES string of the molecule is CCOc1c(Br)cc(Br)cc1/C=C(\C#N)C(=O)OC. The molecule has 0 aliphatic heterocycles. The molecule has 1 aromatic carbocycles. The Bertz CT molecular complexity index is 562. The number of carbonyl (C=O) groups excluding carboxylic acids is 1. The molecule has 0 atom stereocenters. The summed E-state index contributed by atoms with van der Waals surface area (Å²) in [5, 5.41) is 8.96. The molecular weight excluding hydrogens is 378 g/mol. The van der Waals surface area contributed by atoms with E-state index in [1.54, 1.807) is 6.07 Å². The van der Waals surface area contributed by atoms with Crippen molar-refractivity contribution in [3.63, 3.8) is 0 Å². The molecule has 0 spiro atoms. The predicted octanol–water partition coefficient (Wildman–Crippen LogP) is 3.69. The van der Waals surface area contributed by atoms with Crippen molar-refractivity contribution in [2.24, 2.45) is 0 Å². The molecule has 1 rings (SSSR count). The van der Waals surface area contributed by atoms with Crippen LogP contribution < -0.4 is 4.74 Å². The van der Waals surface area contributed by atoms with Crippen molar-refractivity contribution in [1.29, 1.82) is 5.26 Å². The van der Waals surface area contributed by atoms with E-state index in [0.717, 1.165) is 8.95 Å². The number of benzene rings is 1. The molecule has 4 nitrogen and oxygen atoms in total. The van der Waals surface area contributed by atoms with Gasteiger partial charge >= 0.3 is 5.97 Å². The Morgan fingerprint density at radius 1 is 1.47 bits per heavy atom. The summed E-state index contributed by atoms with van der Waals surface area (Å²) in [6.07, 6.45) is 1.44. The second-order valence-electron chi connectivity index (χ2n) is 3.40. The first-order valence-electron chi connectivity index (χ1n) is 5.35. The number of ether oxygens (including phenoxy) is 2. The molecule has 0 heterocycles. The van der Waals surface area contributed by atoms with Crippen LogP contribution in [-0.4, -0.2) is 19.7 Å². The summed E-state index contributed by atoms with van der Waals surface area (Å²) >= 11 is 6.73. The Morgan fingerprint density at radius 3 is 2.68 bits per heavy atom. The minimum atomic E-state index is -0.680. The Balaban J connectivity index is 3.36. The maximum atomic E-state index is 11.4. The highest BCUT2D eigenvalue weighted by atomic mass is 79.9. The molecule has 0 aromatic heterocycles. The van der Waals surface area contributed by atoms with Crippen molar-refractivity contribution >= 4 is 43.9 Å². The standard InChI is InChI=1S/C13H11Br2NO3/c1-3-19-12-8(5-10(14)6-11(12)15)4-9(7-16)13(17)18-2/h4-6H,3H2,1-2H3/b9-4+. The molecule has 100 valence electrons. The van der Waals surface area contributed by atoms with Crippen molar-refractivity contribution in [2.75, 3.05) is 13.7 Å². The van der Waals surface area contributed by atoms with Gasteiger partial charge in [0.05, 0.1) is 18.2 Å². The summed E-state index contributed by atoms with van der Waals surface area (Å²) in [7, 11) is 1.23. The molecule has 1 aromatic rings. The molecule has 0 radical (unpaired) electrons. The zero-order valence-corrected chi connectivity index (χ0v) is 13.5. The number of hydrogen-bond acceptors (Lipinski definition) is 4. The third-order valence-corrected chi connectivity index (χ3v) is 3.20. The lowest BCUT2D eigenvalue weighted by molar-refractivity contribution is -0.135. The van der Waals surface area contributed by atoms with Crippen molar-refractivity contribution in [3.05, 3.63) is 32.2 Å². The lowest BCUT2D eigenvalue weighted by atomic mass is 10.1. The van der Waals surface area contributed by atoms with Crippen LogP contribution in [0.2, 0.25) is 0 Å². The van der Waals surface area contributed by atoms with Crippen LogP contribution in [0.4, 0.5) is 0 Å². The number of nitrogens with zero attached hydrogens (tertiary/aromatic N) is 1. The molecule has 0 fully saturated rings. The van der Waals surface area contributed by atoms with Crippen LogP contribution in [0.1, 0.15) is 12.5 Å². The largest absolute Gasteiger partial charge is 0.492 e. The van der Waals surface area contributed by atoms with Gasteiger partial charge in [0.15, 0.2) is 0 Å². The summed E-state index contributed by atoms with van der Waals surface area (Å²) in [5.74, 6) is -0.108. The Kier molecular flexibility index (Phi) is 6.06. The van der Waals surface area contributed by atoms with E-state index in [2.05, 4.69) is 36.6 Å². The van der Waals surface area contributed by atoms with Gasteiger partial charge in [-0.3, -0.25) is 0 Å². The molecule has 0 unspecified atom stereocenters. The van der Waals surface area contributed by atoms with Crippen LogP contribution in [0.3, 0.4) is 0 Å². The maximum absolute atomic E-state index is 11.4. The van der Waals surface area contributed by atoms with E-state index in [1.807, 2.05) is 19.1 Å². The average molecular weight is 389 g/mol. The van der Waals surface area contributed by atoms with Gasteiger partial charge in [-0.05, 0) is 41.1 Å². The van der Waals surface area contributed by atoms with E-state index in [-0.39, 0.29) is 5.57 Å². The first-order chi connectivity index (χ1) is 9.03. The summed E-state index contributed by atoms with van der Waals surface area (Å²) in [6, 6.07) is 5.40. The van der Waals surface area contributed by atoms with Gasteiger partial charge in [-0.1, -0.05) is 15.9 Å². The third kappa shape index (κ3) is 4.08. The number of methoxy groups -OCH3 is 1. The normalized spacial score (nSPS) is 10.8. The smallest absolute Gasteiger partial charge is 0.348 e. The van der Waals surface area contributed by atoms with Crippen molar-refractivity contribution in [3.8, 4) is 11.8 Å². The van der Waals surface area contributed by atoms with Crippen molar-refractivity contribution < 1.29 is 14.3 Å². The van der Waals surface area contributed by atoms with Gasteiger partial charge in [0.25, 0.3) is 0 Å². The van der Waals surface area contributed by atoms with E-state index >= 15 is 0 Å². The molecule has 0 amide bonds. The highest BCUT2D eigenvalue weighted by Gasteiger charge is 2.13. The second kappa shape index (κ2) is 7.31. The Hall–Kier alpha value is -1.32. The third-order valence-electron chi connectivity index (χ3n) is 2.15.